The fourth-order valence-electron chi connectivity index (χ4n) is 1.68. The third-order valence-electron chi connectivity index (χ3n) is 2.37. The van der Waals surface area contributed by atoms with E-state index in [1.165, 1.54) is 18.5 Å². The van der Waals surface area contributed by atoms with Crippen molar-refractivity contribution in [1.82, 2.24) is 4.98 Å². The van der Waals surface area contributed by atoms with E-state index < -0.39 is 10.1 Å². The Morgan fingerprint density at radius 3 is 2.26 bits per heavy atom. The highest BCUT2D eigenvalue weighted by Crippen LogP contribution is 2.22. The average molecular weight is 298 g/mol. The van der Waals surface area contributed by atoms with Crippen LogP contribution in [0.3, 0.4) is 0 Å². The van der Waals surface area contributed by atoms with E-state index in [2.05, 4.69) is 4.98 Å². The number of hydrogen-bond acceptors (Lipinski definition) is 4. The van der Waals surface area contributed by atoms with Crippen molar-refractivity contribution in [2.75, 3.05) is 0 Å². The topological polar surface area (TPSA) is 56.3 Å². The van der Waals surface area contributed by atoms with Crippen molar-refractivity contribution >= 4 is 21.7 Å². The maximum absolute atomic E-state index is 12.1. The largest absolute Gasteiger partial charge is 0.379 e. The van der Waals surface area contributed by atoms with Crippen molar-refractivity contribution in [3.8, 4) is 5.75 Å². The van der Waals surface area contributed by atoms with Crippen molar-refractivity contribution in [1.29, 1.82) is 0 Å². The van der Waals surface area contributed by atoms with Crippen LogP contribution in [0.4, 0.5) is 0 Å². The minimum atomic E-state index is -3.92. The Labute approximate surface area is 117 Å². The van der Waals surface area contributed by atoms with Gasteiger partial charge in [-0.15, -0.1) is 0 Å². The van der Waals surface area contributed by atoms with Crippen molar-refractivity contribution in [2.24, 2.45) is 0 Å². The number of hydrogen-bond donors (Lipinski definition) is 0. The van der Waals surface area contributed by atoms with E-state index in [0.29, 0.717) is 0 Å². The molecule has 1 aromatic carbocycles. The molecule has 1 aromatic heterocycles. The number of halogens is 1. The lowest BCUT2D eigenvalue weighted by Crippen LogP contribution is -2.10. The highest BCUT2D eigenvalue weighted by Gasteiger charge is 2.17. The number of aryl methyl sites for hydroxylation is 2. The molecule has 2 aromatic rings. The molecule has 0 aliphatic carbocycles. The van der Waals surface area contributed by atoms with Crippen molar-refractivity contribution in [2.45, 2.75) is 18.7 Å². The summed E-state index contributed by atoms with van der Waals surface area (Å²) in [6.45, 7) is 3.74. The van der Waals surface area contributed by atoms with E-state index in [0.717, 1.165) is 11.1 Å². The molecule has 0 radical (unpaired) electrons. The second-order valence-electron chi connectivity index (χ2n) is 4.20. The van der Waals surface area contributed by atoms with E-state index in [4.69, 9.17) is 15.8 Å². The quantitative estimate of drug-likeness (QED) is 0.817. The Balaban J connectivity index is 2.36. The Kier molecular flexibility index (Phi) is 3.78. The number of aromatic nitrogens is 1. The van der Waals surface area contributed by atoms with Gasteiger partial charge in [0.1, 0.15) is 10.6 Å². The molecule has 1 heterocycles. The molecule has 2 rings (SSSR count). The first-order chi connectivity index (χ1) is 8.87. The lowest BCUT2D eigenvalue weighted by molar-refractivity contribution is 0.485. The van der Waals surface area contributed by atoms with E-state index in [9.17, 15) is 8.42 Å². The molecule has 100 valence electrons. The molecule has 0 N–H and O–H groups in total. The highest BCUT2D eigenvalue weighted by atomic mass is 35.5. The van der Waals surface area contributed by atoms with E-state index in [1.54, 1.807) is 12.1 Å². The molecule has 0 amide bonds. The molecule has 0 fully saturated rings. The van der Waals surface area contributed by atoms with Crippen LogP contribution in [0.5, 0.6) is 5.75 Å². The van der Waals surface area contributed by atoms with E-state index in [1.807, 2.05) is 19.9 Å². The normalized spacial score (nSPS) is 11.3. The standard InChI is InChI=1S/C13H12ClNO3S/c1-9-3-10(2)5-12(4-9)18-19(16,17)13-6-11(14)7-15-8-13/h3-8H,1-2H3. The van der Waals surface area contributed by atoms with Gasteiger partial charge < -0.3 is 4.18 Å². The average Bonchev–Trinajstić information content (AvgIpc) is 2.26. The van der Waals surface area contributed by atoms with Crippen LogP contribution in [0.2, 0.25) is 5.02 Å². The van der Waals surface area contributed by atoms with Gasteiger partial charge in [-0.2, -0.15) is 8.42 Å². The van der Waals surface area contributed by atoms with Gasteiger partial charge in [0, 0.05) is 12.4 Å². The molecule has 0 atom stereocenters. The summed E-state index contributed by atoms with van der Waals surface area (Å²) in [7, 11) is -3.92. The van der Waals surface area contributed by atoms with Crippen molar-refractivity contribution in [3.05, 3.63) is 52.8 Å². The summed E-state index contributed by atoms with van der Waals surface area (Å²) in [5.41, 5.74) is 1.85. The zero-order valence-electron chi connectivity index (χ0n) is 10.4. The van der Waals surface area contributed by atoms with Gasteiger partial charge in [-0.05, 0) is 43.2 Å². The third kappa shape index (κ3) is 3.45. The molecule has 0 saturated carbocycles. The summed E-state index contributed by atoms with van der Waals surface area (Å²) in [6, 6.07) is 6.54. The summed E-state index contributed by atoms with van der Waals surface area (Å²) < 4.78 is 29.2. The van der Waals surface area contributed by atoms with Gasteiger partial charge in [-0.25, -0.2) is 0 Å². The molecular weight excluding hydrogens is 286 g/mol. The molecule has 0 unspecified atom stereocenters. The first kappa shape index (κ1) is 13.8. The van der Waals surface area contributed by atoms with Crippen LogP contribution in [0, 0.1) is 13.8 Å². The first-order valence-electron chi connectivity index (χ1n) is 5.50. The van der Waals surface area contributed by atoms with Crippen LogP contribution in [-0.2, 0) is 10.1 Å². The summed E-state index contributed by atoms with van der Waals surface area (Å²) in [6.07, 6.45) is 2.56. The Morgan fingerprint density at radius 2 is 1.68 bits per heavy atom. The lowest BCUT2D eigenvalue weighted by Gasteiger charge is -2.08. The smallest absolute Gasteiger partial charge is 0.340 e. The summed E-state index contributed by atoms with van der Waals surface area (Å²) in [4.78, 5) is 3.67. The van der Waals surface area contributed by atoms with Gasteiger partial charge in [0.15, 0.2) is 0 Å². The monoisotopic (exact) mass is 297 g/mol. The predicted molar refractivity (Wildman–Crippen MR) is 73.0 cm³/mol. The maximum Gasteiger partial charge on any atom is 0.340 e. The fraction of sp³-hybridized carbons (Fsp3) is 0.154. The first-order valence-corrected chi connectivity index (χ1v) is 7.29. The van der Waals surface area contributed by atoms with Gasteiger partial charge in [0.2, 0.25) is 0 Å². The highest BCUT2D eigenvalue weighted by molar-refractivity contribution is 7.87. The van der Waals surface area contributed by atoms with E-state index in [-0.39, 0.29) is 15.7 Å². The Hall–Kier alpha value is -1.59. The van der Waals surface area contributed by atoms with Gasteiger partial charge in [0.25, 0.3) is 0 Å². The predicted octanol–water partition coefficient (Wildman–Crippen LogP) is 3.12. The van der Waals surface area contributed by atoms with Gasteiger partial charge in [0.05, 0.1) is 5.02 Å². The van der Waals surface area contributed by atoms with Crippen molar-refractivity contribution < 1.29 is 12.6 Å². The second-order valence-corrected chi connectivity index (χ2v) is 6.18. The molecular formula is C13H12ClNO3S. The van der Waals surface area contributed by atoms with Gasteiger partial charge >= 0.3 is 10.1 Å². The molecule has 4 nitrogen and oxygen atoms in total. The summed E-state index contributed by atoms with van der Waals surface area (Å²) >= 11 is 5.72. The Bertz CT molecular complexity index is 693. The molecule has 0 bridgehead atoms. The number of benzene rings is 1. The zero-order valence-corrected chi connectivity index (χ0v) is 12.0. The summed E-state index contributed by atoms with van der Waals surface area (Å²) in [5.74, 6) is 0.275. The number of pyridine rings is 1. The molecule has 19 heavy (non-hydrogen) atoms. The second kappa shape index (κ2) is 5.19. The Morgan fingerprint density at radius 1 is 1.05 bits per heavy atom. The summed E-state index contributed by atoms with van der Waals surface area (Å²) in [5, 5.41) is 0.241. The zero-order chi connectivity index (χ0) is 14.0. The number of nitrogens with zero attached hydrogens (tertiary/aromatic N) is 1. The molecule has 0 saturated heterocycles. The maximum atomic E-state index is 12.1. The van der Waals surface area contributed by atoms with Crippen LogP contribution < -0.4 is 4.18 Å². The van der Waals surface area contributed by atoms with Gasteiger partial charge in [-0.1, -0.05) is 17.7 Å². The van der Waals surface area contributed by atoms with E-state index >= 15 is 0 Å². The number of rotatable bonds is 3. The van der Waals surface area contributed by atoms with Crippen LogP contribution in [0.15, 0.2) is 41.6 Å². The van der Waals surface area contributed by atoms with Gasteiger partial charge in [-0.3, -0.25) is 4.98 Å². The third-order valence-corrected chi connectivity index (χ3v) is 3.79. The van der Waals surface area contributed by atoms with Crippen LogP contribution in [0.25, 0.3) is 0 Å². The lowest BCUT2D eigenvalue weighted by atomic mass is 10.1. The fourth-order valence-corrected chi connectivity index (χ4v) is 2.83. The minimum Gasteiger partial charge on any atom is -0.379 e. The van der Waals surface area contributed by atoms with Crippen LogP contribution >= 0.6 is 11.6 Å². The van der Waals surface area contributed by atoms with Crippen molar-refractivity contribution in [3.63, 3.8) is 0 Å². The van der Waals surface area contributed by atoms with Crippen LogP contribution in [-0.4, -0.2) is 13.4 Å². The molecule has 0 aliphatic heterocycles. The molecule has 6 heteroatoms. The van der Waals surface area contributed by atoms with Crippen LogP contribution in [0.1, 0.15) is 11.1 Å². The SMILES string of the molecule is Cc1cc(C)cc(OS(=O)(=O)c2cncc(Cl)c2)c1. The minimum absolute atomic E-state index is 0.0702. The molecule has 0 spiro atoms. The molecule has 0 aliphatic rings.